The highest BCUT2D eigenvalue weighted by molar-refractivity contribution is 5.49. The Kier molecular flexibility index (Phi) is 3.59. The average Bonchev–Trinajstić information content (AvgIpc) is 2.36. The Bertz CT molecular complexity index is 497. The number of aliphatic hydroxyl groups is 1. The standard InChI is InChI=1S/C12H15N5O/c13-10-6-11(17-12(14)16-10)15-9(7-18)8-4-2-1-3-5-8/h1-6,9,18H,7H2,(H5,13,14,15,16,17). The van der Waals surface area contributed by atoms with E-state index in [4.69, 9.17) is 11.5 Å². The molecule has 6 heteroatoms. The zero-order valence-electron chi connectivity index (χ0n) is 9.74. The van der Waals surface area contributed by atoms with E-state index in [0.29, 0.717) is 5.82 Å². The second kappa shape index (κ2) is 5.33. The van der Waals surface area contributed by atoms with Crippen molar-refractivity contribution >= 4 is 17.6 Å². The Balaban J connectivity index is 2.20. The summed E-state index contributed by atoms with van der Waals surface area (Å²) in [5.41, 5.74) is 12.0. The molecule has 0 aliphatic rings. The molecule has 0 radical (unpaired) electrons. The summed E-state index contributed by atoms with van der Waals surface area (Å²) in [4.78, 5) is 7.79. The van der Waals surface area contributed by atoms with Crippen molar-refractivity contribution in [2.24, 2.45) is 0 Å². The molecule has 0 fully saturated rings. The number of nitrogens with two attached hydrogens (primary N) is 2. The molecule has 0 spiro atoms. The van der Waals surface area contributed by atoms with E-state index in [2.05, 4.69) is 15.3 Å². The Morgan fingerprint density at radius 1 is 1.17 bits per heavy atom. The van der Waals surface area contributed by atoms with Crippen LogP contribution in [0.3, 0.4) is 0 Å². The van der Waals surface area contributed by atoms with E-state index in [1.54, 1.807) is 6.07 Å². The van der Waals surface area contributed by atoms with Gasteiger partial charge in [-0.15, -0.1) is 0 Å². The summed E-state index contributed by atoms with van der Waals surface area (Å²) in [6, 6.07) is 10.9. The van der Waals surface area contributed by atoms with Gasteiger partial charge in [-0.25, -0.2) is 0 Å². The number of rotatable bonds is 4. The molecule has 0 saturated carbocycles. The molecule has 0 saturated heterocycles. The normalized spacial score (nSPS) is 12.1. The van der Waals surface area contributed by atoms with Crippen LogP contribution in [0.15, 0.2) is 36.4 Å². The van der Waals surface area contributed by atoms with Gasteiger partial charge in [0.2, 0.25) is 5.95 Å². The second-order valence-corrected chi connectivity index (χ2v) is 3.83. The van der Waals surface area contributed by atoms with Gasteiger partial charge in [0.25, 0.3) is 0 Å². The topological polar surface area (TPSA) is 110 Å². The fourth-order valence-electron chi connectivity index (χ4n) is 1.66. The summed E-state index contributed by atoms with van der Waals surface area (Å²) in [6.07, 6.45) is 0. The Morgan fingerprint density at radius 2 is 1.89 bits per heavy atom. The van der Waals surface area contributed by atoms with Crippen molar-refractivity contribution in [1.29, 1.82) is 0 Å². The van der Waals surface area contributed by atoms with Gasteiger partial charge in [0, 0.05) is 6.07 Å². The van der Waals surface area contributed by atoms with E-state index in [1.807, 2.05) is 30.3 Å². The zero-order valence-corrected chi connectivity index (χ0v) is 9.74. The van der Waals surface area contributed by atoms with Crippen LogP contribution in [0.4, 0.5) is 17.6 Å². The van der Waals surface area contributed by atoms with Crippen LogP contribution in [-0.2, 0) is 0 Å². The predicted molar refractivity (Wildman–Crippen MR) is 70.7 cm³/mol. The lowest BCUT2D eigenvalue weighted by atomic mass is 10.1. The van der Waals surface area contributed by atoms with Gasteiger partial charge >= 0.3 is 0 Å². The number of anilines is 3. The summed E-state index contributed by atoms with van der Waals surface area (Å²) in [5.74, 6) is 0.875. The second-order valence-electron chi connectivity index (χ2n) is 3.83. The van der Waals surface area contributed by atoms with Crippen LogP contribution in [-0.4, -0.2) is 21.7 Å². The maximum atomic E-state index is 9.41. The number of aliphatic hydroxyl groups excluding tert-OH is 1. The van der Waals surface area contributed by atoms with E-state index in [9.17, 15) is 5.11 Å². The summed E-state index contributed by atoms with van der Waals surface area (Å²) in [7, 11) is 0. The molecule has 0 amide bonds. The number of benzene rings is 1. The van der Waals surface area contributed by atoms with Crippen LogP contribution in [0.25, 0.3) is 0 Å². The van der Waals surface area contributed by atoms with Gasteiger partial charge < -0.3 is 21.9 Å². The predicted octanol–water partition coefficient (Wildman–Crippen LogP) is 0.786. The molecule has 1 aromatic heterocycles. The Labute approximate surface area is 105 Å². The molecule has 1 unspecified atom stereocenters. The van der Waals surface area contributed by atoms with Crippen molar-refractivity contribution in [3.05, 3.63) is 42.0 Å². The van der Waals surface area contributed by atoms with Gasteiger partial charge in [-0.05, 0) is 5.56 Å². The van der Waals surface area contributed by atoms with Crippen LogP contribution >= 0.6 is 0 Å². The first kappa shape index (κ1) is 12.1. The van der Waals surface area contributed by atoms with Crippen LogP contribution in [0, 0.1) is 0 Å². The lowest BCUT2D eigenvalue weighted by molar-refractivity contribution is 0.276. The third-order valence-corrected chi connectivity index (χ3v) is 2.47. The smallest absolute Gasteiger partial charge is 0.223 e. The van der Waals surface area contributed by atoms with E-state index in [-0.39, 0.29) is 24.4 Å². The third kappa shape index (κ3) is 2.86. The van der Waals surface area contributed by atoms with Crippen LogP contribution in [0.1, 0.15) is 11.6 Å². The molecule has 6 N–H and O–H groups in total. The molecule has 2 rings (SSSR count). The molecule has 94 valence electrons. The van der Waals surface area contributed by atoms with Crippen molar-refractivity contribution in [3.63, 3.8) is 0 Å². The average molecular weight is 245 g/mol. The molecule has 1 aromatic carbocycles. The van der Waals surface area contributed by atoms with Crippen molar-refractivity contribution in [1.82, 2.24) is 9.97 Å². The highest BCUT2D eigenvalue weighted by Gasteiger charge is 2.11. The Hall–Kier alpha value is -2.34. The van der Waals surface area contributed by atoms with Crippen molar-refractivity contribution in [2.45, 2.75) is 6.04 Å². The largest absolute Gasteiger partial charge is 0.394 e. The van der Waals surface area contributed by atoms with Gasteiger partial charge in [-0.2, -0.15) is 9.97 Å². The quantitative estimate of drug-likeness (QED) is 0.633. The highest BCUT2D eigenvalue weighted by atomic mass is 16.3. The summed E-state index contributed by atoms with van der Waals surface area (Å²) >= 11 is 0. The van der Waals surface area contributed by atoms with Crippen LogP contribution in [0.2, 0.25) is 0 Å². The van der Waals surface area contributed by atoms with Crippen LogP contribution in [0.5, 0.6) is 0 Å². The van der Waals surface area contributed by atoms with E-state index in [1.165, 1.54) is 0 Å². The molecular formula is C12H15N5O. The van der Waals surface area contributed by atoms with Gasteiger partial charge in [-0.3, -0.25) is 0 Å². The van der Waals surface area contributed by atoms with Crippen molar-refractivity contribution in [2.75, 3.05) is 23.4 Å². The number of hydrogen-bond acceptors (Lipinski definition) is 6. The molecule has 0 aliphatic heterocycles. The van der Waals surface area contributed by atoms with E-state index < -0.39 is 0 Å². The fourth-order valence-corrected chi connectivity index (χ4v) is 1.66. The highest BCUT2D eigenvalue weighted by Crippen LogP contribution is 2.19. The fraction of sp³-hybridized carbons (Fsp3) is 0.167. The number of hydrogen-bond donors (Lipinski definition) is 4. The number of aromatic nitrogens is 2. The first-order valence-corrected chi connectivity index (χ1v) is 5.51. The van der Waals surface area contributed by atoms with Gasteiger partial charge in [0.15, 0.2) is 0 Å². The molecular weight excluding hydrogens is 230 g/mol. The maximum absolute atomic E-state index is 9.41. The molecule has 0 aliphatic carbocycles. The minimum atomic E-state index is -0.264. The lowest BCUT2D eigenvalue weighted by Crippen LogP contribution is -2.16. The number of nitrogens with one attached hydrogen (secondary N) is 1. The first-order chi connectivity index (χ1) is 8.69. The molecule has 1 heterocycles. The van der Waals surface area contributed by atoms with Crippen molar-refractivity contribution < 1.29 is 5.11 Å². The number of nitrogens with zero attached hydrogens (tertiary/aromatic N) is 2. The minimum absolute atomic E-state index is 0.0617. The van der Waals surface area contributed by atoms with Crippen LogP contribution < -0.4 is 16.8 Å². The minimum Gasteiger partial charge on any atom is -0.394 e. The summed E-state index contributed by atoms with van der Waals surface area (Å²) in [5, 5.41) is 12.5. The zero-order chi connectivity index (χ0) is 13.0. The van der Waals surface area contributed by atoms with E-state index in [0.717, 1.165) is 5.56 Å². The number of nitrogen functional groups attached to an aromatic ring is 2. The molecule has 2 aromatic rings. The third-order valence-electron chi connectivity index (χ3n) is 2.47. The molecule has 18 heavy (non-hydrogen) atoms. The van der Waals surface area contributed by atoms with Gasteiger partial charge in [0.1, 0.15) is 11.6 Å². The SMILES string of the molecule is Nc1cc(NC(CO)c2ccccc2)nc(N)n1. The first-order valence-electron chi connectivity index (χ1n) is 5.51. The van der Waals surface area contributed by atoms with Gasteiger partial charge in [0.05, 0.1) is 12.6 Å². The lowest BCUT2D eigenvalue weighted by Gasteiger charge is -2.17. The maximum Gasteiger partial charge on any atom is 0.223 e. The van der Waals surface area contributed by atoms with Gasteiger partial charge in [-0.1, -0.05) is 30.3 Å². The monoisotopic (exact) mass is 245 g/mol. The molecule has 0 bridgehead atoms. The Morgan fingerprint density at radius 3 is 2.50 bits per heavy atom. The summed E-state index contributed by atoms with van der Waals surface area (Å²) in [6.45, 7) is -0.0617. The molecule has 1 atom stereocenters. The van der Waals surface area contributed by atoms with E-state index >= 15 is 0 Å². The summed E-state index contributed by atoms with van der Waals surface area (Å²) < 4.78 is 0. The molecule has 6 nitrogen and oxygen atoms in total. The van der Waals surface area contributed by atoms with Crippen molar-refractivity contribution in [3.8, 4) is 0 Å².